The molecule has 0 bridgehead atoms. The molecule has 0 radical (unpaired) electrons. The summed E-state index contributed by atoms with van der Waals surface area (Å²) in [7, 11) is -2.88. The van der Waals surface area contributed by atoms with Crippen LogP contribution >= 0.6 is 0 Å². The fraction of sp³-hybridized carbons (Fsp3) is 0.929. The van der Waals surface area contributed by atoms with Gasteiger partial charge < -0.3 is 14.4 Å². The summed E-state index contributed by atoms with van der Waals surface area (Å²) in [6.45, 7) is 2.79. The molecule has 1 saturated carbocycles. The van der Waals surface area contributed by atoms with E-state index in [1.54, 1.807) is 4.90 Å². The number of hydrogen-bond donors (Lipinski definition) is 1. The Morgan fingerprint density at radius 2 is 2.00 bits per heavy atom. The van der Waals surface area contributed by atoms with Gasteiger partial charge in [0.15, 0.2) is 0 Å². The lowest BCUT2D eigenvalue weighted by atomic mass is 9.82. The van der Waals surface area contributed by atoms with E-state index < -0.39 is 20.1 Å². The van der Waals surface area contributed by atoms with Crippen LogP contribution in [0.25, 0.3) is 0 Å². The highest BCUT2D eigenvalue weighted by molar-refractivity contribution is 7.94. The van der Waals surface area contributed by atoms with E-state index >= 15 is 0 Å². The number of rotatable bonds is 2. The van der Waals surface area contributed by atoms with E-state index in [0.717, 1.165) is 25.9 Å². The molecular formula is C14H24N2O4S. The zero-order valence-corrected chi connectivity index (χ0v) is 13.4. The van der Waals surface area contributed by atoms with Gasteiger partial charge in [0.1, 0.15) is 10.3 Å². The third-order valence-electron chi connectivity index (χ3n) is 5.12. The maximum absolute atomic E-state index is 12.9. The molecule has 2 saturated heterocycles. The van der Waals surface area contributed by atoms with Crippen LogP contribution in [0, 0.1) is 4.78 Å². The van der Waals surface area contributed by atoms with Gasteiger partial charge in [-0.15, -0.1) is 0 Å². The summed E-state index contributed by atoms with van der Waals surface area (Å²) in [5.41, 5.74) is -0.395. The summed E-state index contributed by atoms with van der Waals surface area (Å²) in [6.07, 6.45) is 5.28. The number of carbonyl (C=O) groups is 1. The number of nitrogens with zero attached hydrogens (tertiary/aromatic N) is 1. The molecule has 2 atom stereocenters. The van der Waals surface area contributed by atoms with Crippen molar-refractivity contribution in [1.82, 2.24) is 4.90 Å². The van der Waals surface area contributed by atoms with E-state index in [2.05, 4.69) is 0 Å². The highest BCUT2D eigenvalue weighted by Gasteiger charge is 2.54. The molecule has 1 N–H and O–H groups in total. The van der Waals surface area contributed by atoms with Gasteiger partial charge in [0.05, 0.1) is 29.5 Å². The van der Waals surface area contributed by atoms with Crippen LogP contribution in [0.5, 0.6) is 0 Å². The molecule has 1 aliphatic carbocycles. The largest absolute Gasteiger partial charge is 0.378 e. The van der Waals surface area contributed by atoms with Gasteiger partial charge in [0.2, 0.25) is 5.91 Å². The molecule has 3 aliphatic rings. The highest BCUT2D eigenvalue weighted by atomic mass is 32.2. The first kappa shape index (κ1) is 15.2. The van der Waals surface area contributed by atoms with E-state index in [-0.39, 0.29) is 5.91 Å². The van der Waals surface area contributed by atoms with Crippen LogP contribution in [0.3, 0.4) is 0 Å². The monoisotopic (exact) mass is 316 g/mol. The standard InChI is InChI=1S/C14H24N2O4S/c1-21(15,18)14(5-2-6-14)12(17)16-7-9-20-13(10-16)4-3-8-19-11-13/h15H,2-11H2,1H3. The van der Waals surface area contributed by atoms with Gasteiger partial charge in [-0.1, -0.05) is 0 Å². The van der Waals surface area contributed by atoms with Crippen LogP contribution in [0.15, 0.2) is 0 Å². The maximum Gasteiger partial charge on any atom is 0.242 e. The molecular weight excluding hydrogens is 292 g/mol. The second-order valence-corrected chi connectivity index (χ2v) is 9.07. The first-order valence-corrected chi connectivity index (χ1v) is 9.60. The second-order valence-electron chi connectivity index (χ2n) is 6.61. The van der Waals surface area contributed by atoms with E-state index in [9.17, 15) is 9.00 Å². The quantitative estimate of drug-likeness (QED) is 0.824. The number of ether oxygens (including phenoxy) is 2. The molecule has 0 aromatic heterocycles. The average molecular weight is 316 g/mol. The molecule has 3 fully saturated rings. The first-order valence-electron chi connectivity index (χ1n) is 7.63. The predicted molar refractivity (Wildman–Crippen MR) is 78.7 cm³/mol. The minimum absolute atomic E-state index is 0.107. The van der Waals surface area contributed by atoms with Gasteiger partial charge in [-0.25, -0.2) is 4.21 Å². The van der Waals surface area contributed by atoms with Crippen LogP contribution in [-0.2, 0) is 24.0 Å². The van der Waals surface area contributed by atoms with E-state index in [1.165, 1.54) is 6.26 Å². The van der Waals surface area contributed by atoms with Crippen molar-refractivity contribution in [3.8, 4) is 0 Å². The Morgan fingerprint density at radius 3 is 2.52 bits per heavy atom. The molecule has 1 spiro atoms. The predicted octanol–water partition coefficient (Wildman–Crippen LogP) is 0.994. The third kappa shape index (κ3) is 2.49. The Kier molecular flexibility index (Phi) is 3.78. The highest BCUT2D eigenvalue weighted by Crippen LogP contribution is 2.42. The summed E-state index contributed by atoms with van der Waals surface area (Å²) in [6, 6.07) is 0. The molecule has 2 aliphatic heterocycles. The van der Waals surface area contributed by atoms with Crippen LogP contribution in [-0.4, -0.2) is 64.5 Å². The van der Waals surface area contributed by atoms with Gasteiger partial charge in [-0.3, -0.25) is 9.57 Å². The maximum atomic E-state index is 12.9. The first-order chi connectivity index (χ1) is 9.89. The van der Waals surface area contributed by atoms with Crippen molar-refractivity contribution in [1.29, 1.82) is 4.78 Å². The number of carbonyl (C=O) groups excluding carboxylic acids is 1. The lowest BCUT2D eigenvalue weighted by molar-refractivity contribution is -0.179. The molecule has 1 amide bonds. The molecule has 2 unspecified atom stereocenters. The lowest BCUT2D eigenvalue weighted by Gasteiger charge is -2.49. The SMILES string of the molecule is CS(=N)(=O)C1(C(=O)N2CCOC3(CCCOC3)C2)CCC1. The molecule has 6 nitrogen and oxygen atoms in total. The molecule has 2 heterocycles. The fourth-order valence-corrected chi connectivity index (χ4v) is 5.17. The topological polar surface area (TPSA) is 79.7 Å². The summed E-state index contributed by atoms with van der Waals surface area (Å²) < 4.78 is 30.7. The number of nitrogens with one attached hydrogen (secondary N) is 1. The molecule has 0 aromatic carbocycles. The normalized spacial score (nSPS) is 35.0. The van der Waals surface area contributed by atoms with Crippen LogP contribution in [0.4, 0.5) is 0 Å². The third-order valence-corrected chi connectivity index (χ3v) is 7.19. The van der Waals surface area contributed by atoms with E-state index in [0.29, 0.717) is 39.1 Å². The van der Waals surface area contributed by atoms with Crippen LogP contribution in [0.2, 0.25) is 0 Å². The molecule has 3 rings (SSSR count). The summed E-state index contributed by atoms with van der Waals surface area (Å²) in [5, 5.41) is 0. The number of morpholine rings is 1. The van der Waals surface area contributed by atoms with Crippen molar-refractivity contribution >= 4 is 15.6 Å². The zero-order chi connectivity index (χ0) is 15.1. The fourth-order valence-electron chi connectivity index (χ4n) is 3.64. The molecule has 7 heteroatoms. The van der Waals surface area contributed by atoms with Crippen molar-refractivity contribution in [3.63, 3.8) is 0 Å². The average Bonchev–Trinajstić information content (AvgIpc) is 2.36. The summed E-state index contributed by atoms with van der Waals surface area (Å²) in [4.78, 5) is 14.7. The van der Waals surface area contributed by atoms with Gasteiger partial charge >= 0.3 is 0 Å². The zero-order valence-electron chi connectivity index (χ0n) is 12.6. The molecule has 0 aromatic rings. The minimum atomic E-state index is -2.88. The molecule has 21 heavy (non-hydrogen) atoms. The van der Waals surface area contributed by atoms with Crippen molar-refractivity contribution in [3.05, 3.63) is 0 Å². The lowest BCUT2D eigenvalue weighted by Crippen LogP contribution is -2.64. The Labute approximate surface area is 126 Å². The molecule has 120 valence electrons. The Bertz CT molecular complexity index is 516. The number of amides is 1. The van der Waals surface area contributed by atoms with Gasteiger partial charge in [-0.05, 0) is 32.1 Å². The van der Waals surface area contributed by atoms with Crippen LogP contribution in [0.1, 0.15) is 32.1 Å². The van der Waals surface area contributed by atoms with Crippen molar-refractivity contribution in [2.45, 2.75) is 42.5 Å². The second kappa shape index (κ2) is 5.21. The van der Waals surface area contributed by atoms with E-state index in [1.807, 2.05) is 0 Å². The van der Waals surface area contributed by atoms with E-state index in [4.69, 9.17) is 14.3 Å². The summed E-state index contributed by atoms with van der Waals surface area (Å²) in [5.74, 6) is -0.107. The Morgan fingerprint density at radius 1 is 1.24 bits per heavy atom. The van der Waals surface area contributed by atoms with Gasteiger partial charge in [-0.2, -0.15) is 0 Å². The van der Waals surface area contributed by atoms with Crippen LogP contribution < -0.4 is 0 Å². The minimum Gasteiger partial charge on any atom is -0.378 e. The Hall–Kier alpha value is -0.660. The van der Waals surface area contributed by atoms with Gasteiger partial charge in [0, 0.05) is 19.4 Å². The number of hydrogen-bond acceptors (Lipinski definition) is 5. The van der Waals surface area contributed by atoms with Gasteiger partial charge in [0.25, 0.3) is 0 Å². The van der Waals surface area contributed by atoms with Crippen molar-refractivity contribution < 1.29 is 18.5 Å². The van der Waals surface area contributed by atoms with Crippen molar-refractivity contribution in [2.24, 2.45) is 0 Å². The van der Waals surface area contributed by atoms with Crippen molar-refractivity contribution in [2.75, 3.05) is 39.2 Å². The summed E-state index contributed by atoms with van der Waals surface area (Å²) >= 11 is 0. The Balaban J connectivity index is 1.78. The smallest absolute Gasteiger partial charge is 0.242 e.